The Morgan fingerprint density at radius 2 is 1.74 bits per heavy atom. The van der Waals surface area contributed by atoms with Crippen LogP contribution in [0.3, 0.4) is 0 Å². The van der Waals surface area contributed by atoms with Gasteiger partial charge < -0.3 is 31.3 Å². The van der Waals surface area contributed by atoms with Crippen molar-refractivity contribution in [3.05, 3.63) is 71.3 Å². The number of amides is 5. The molecule has 0 bridgehead atoms. The van der Waals surface area contributed by atoms with Gasteiger partial charge >= 0.3 is 18.1 Å². The van der Waals surface area contributed by atoms with Crippen molar-refractivity contribution in [1.29, 1.82) is 0 Å². The number of hydrazone groups is 1. The van der Waals surface area contributed by atoms with E-state index in [4.69, 9.17) is 15.3 Å². The number of nitrogens with two attached hydrogens (primary N) is 1. The third-order valence-electron chi connectivity index (χ3n) is 5.99. The van der Waals surface area contributed by atoms with Crippen LogP contribution < -0.4 is 21.8 Å². The summed E-state index contributed by atoms with van der Waals surface area (Å²) < 4.78 is 10.5. The topological polar surface area (TPSA) is 182 Å². The van der Waals surface area contributed by atoms with Crippen LogP contribution in [0.5, 0.6) is 0 Å². The predicted octanol–water partition coefficient (Wildman–Crippen LogP) is 1.92. The van der Waals surface area contributed by atoms with Crippen molar-refractivity contribution >= 4 is 48.5 Å². The Morgan fingerprint density at radius 1 is 1.10 bits per heavy atom. The molecule has 3 rings (SSSR count). The van der Waals surface area contributed by atoms with Gasteiger partial charge in [-0.15, -0.1) is 12.4 Å². The van der Waals surface area contributed by atoms with Crippen LogP contribution in [0.25, 0.3) is 0 Å². The third-order valence-corrected chi connectivity index (χ3v) is 5.99. The fraction of sp³-hybridized carbons (Fsp3) is 0.357. The number of hydrogen-bond acceptors (Lipinski definition) is 9. The lowest BCUT2D eigenvalue weighted by atomic mass is 9.91. The minimum atomic E-state index is -1.40. The maximum Gasteiger partial charge on any atom is 0.408 e. The van der Waals surface area contributed by atoms with Gasteiger partial charge in [-0.05, 0) is 44.4 Å². The molecule has 5 amide bonds. The fourth-order valence-corrected chi connectivity index (χ4v) is 3.91. The van der Waals surface area contributed by atoms with Gasteiger partial charge in [0.15, 0.2) is 0 Å². The number of esters is 1. The largest absolute Gasteiger partial charge is 0.458 e. The van der Waals surface area contributed by atoms with E-state index in [0.717, 1.165) is 10.5 Å². The molecular weight excluding hydrogens is 568 g/mol. The van der Waals surface area contributed by atoms with Gasteiger partial charge in [-0.2, -0.15) is 5.10 Å². The fourth-order valence-electron chi connectivity index (χ4n) is 3.91. The molecule has 0 spiro atoms. The highest BCUT2D eigenvalue weighted by molar-refractivity contribution is 6.09. The van der Waals surface area contributed by atoms with E-state index >= 15 is 0 Å². The lowest BCUT2D eigenvalue weighted by Gasteiger charge is -2.25. The monoisotopic (exact) mass is 602 g/mol. The van der Waals surface area contributed by atoms with E-state index in [1.807, 2.05) is 6.07 Å². The van der Waals surface area contributed by atoms with E-state index in [1.165, 1.54) is 13.1 Å². The molecule has 1 saturated heterocycles. The molecule has 13 nitrogen and oxygen atoms in total. The van der Waals surface area contributed by atoms with Gasteiger partial charge in [-0.1, -0.05) is 54.6 Å². The zero-order valence-electron chi connectivity index (χ0n) is 23.7. The van der Waals surface area contributed by atoms with Crippen LogP contribution >= 0.6 is 12.4 Å². The summed E-state index contributed by atoms with van der Waals surface area (Å²) in [6, 6.07) is 13.5. The Balaban J connectivity index is 0.00000616. The van der Waals surface area contributed by atoms with Crippen LogP contribution in [0.1, 0.15) is 44.4 Å². The SMILES string of the molecule is CC(C)(C)OC(=O)C(CNC(=O)CN1C(=O)NC(C)(c2ccc(/C=N/N)cc2)C1=O)NC(=O)OCc1ccccc1.Cl. The predicted molar refractivity (Wildman–Crippen MR) is 155 cm³/mol. The average Bonchev–Trinajstić information content (AvgIpc) is 3.13. The third kappa shape index (κ3) is 8.93. The molecule has 1 fully saturated rings. The molecule has 0 radical (unpaired) electrons. The Labute approximate surface area is 249 Å². The number of ether oxygens (including phenoxy) is 2. The number of carbonyl (C=O) groups is 5. The molecule has 0 saturated carbocycles. The zero-order chi connectivity index (χ0) is 30.2. The molecule has 14 heteroatoms. The Morgan fingerprint density at radius 3 is 2.33 bits per heavy atom. The van der Waals surface area contributed by atoms with Crippen LogP contribution in [0.2, 0.25) is 0 Å². The zero-order valence-corrected chi connectivity index (χ0v) is 24.5. The first-order valence-corrected chi connectivity index (χ1v) is 12.8. The van der Waals surface area contributed by atoms with Crippen molar-refractivity contribution < 1.29 is 33.4 Å². The molecule has 2 aromatic carbocycles. The number of nitrogens with zero attached hydrogens (tertiary/aromatic N) is 2. The van der Waals surface area contributed by atoms with Gasteiger partial charge in [0.25, 0.3) is 5.91 Å². The maximum atomic E-state index is 13.2. The van der Waals surface area contributed by atoms with E-state index < -0.39 is 53.6 Å². The Kier molecular flexibility index (Phi) is 11.4. The van der Waals surface area contributed by atoms with E-state index in [9.17, 15) is 24.0 Å². The molecule has 0 aliphatic carbocycles. The summed E-state index contributed by atoms with van der Waals surface area (Å²) in [5.41, 5.74) is -0.333. The number of urea groups is 1. The highest BCUT2D eigenvalue weighted by atomic mass is 35.5. The highest BCUT2D eigenvalue weighted by Crippen LogP contribution is 2.28. The summed E-state index contributed by atoms with van der Waals surface area (Å²) in [7, 11) is 0. The van der Waals surface area contributed by atoms with Crippen molar-refractivity contribution in [1.82, 2.24) is 20.9 Å². The summed E-state index contributed by atoms with van der Waals surface area (Å²) in [5.74, 6) is 2.98. The average molecular weight is 603 g/mol. The van der Waals surface area contributed by atoms with Gasteiger partial charge in [0.05, 0.1) is 6.21 Å². The van der Waals surface area contributed by atoms with E-state index in [0.29, 0.717) is 11.1 Å². The summed E-state index contributed by atoms with van der Waals surface area (Å²) >= 11 is 0. The second kappa shape index (κ2) is 14.3. The molecule has 1 aliphatic rings. The number of rotatable bonds is 10. The summed E-state index contributed by atoms with van der Waals surface area (Å²) in [5, 5.41) is 10.9. The summed E-state index contributed by atoms with van der Waals surface area (Å²) in [6.45, 7) is 5.47. The van der Waals surface area contributed by atoms with Crippen LogP contribution in [0.15, 0.2) is 59.7 Å². The normalized spacial score (nSPS) is 17.2. The van der Waals surface area contributed by atoms with Gasteiger partial charge in [0, 0.05) is 6.54 Å². The molecule has 1 aliphatic heterocycles. The molecule has 42 heavy (non-hydrogen) atoms. The number of imide groups is 1. The molecule has 2 unspecified atom stereocenters. The van der Waals surface area contributed by atoms with Gasteiger partial charge in [-0.25, -0.2) is 14.4 Å². The number of benzene rings is 2. The first-order chi connectivity index (χ1) is 19.3. The van der Waals surface area contributed by atoms with E-state index in [-0.39, 0.29) is 25.6 Å². The number of carbonyl (C=O) groups excluding carboxylic acids is 5. The van der Waals surface area contributed by atoms with Crippen molar-refractivity contribution in [2.45, 2.75) is 51.5 Å². The van der Waals surface area contributed by atoms with Gasteiger partial charge in [0.2, 0.25) is 5.91 Å². The lowest BCUT2D eigenvalue weighted by Crippen LogP contribution is -2.52. The number of alkyl carbamates (subject to hydrolysis) is 1. The molecule has 226 valence electrons. The van der Waals surface area contributed by atoms with Gasteiger partial charge in [0.1, 0.15) is 30.3 Å². The van der Waals surface area contributed by atoms with Crippen molar-refractivity contribution in [2.75, 3.05) is 13.1 Å². The highest BCUT2D eigenvalue weighted by Gasteiger charge is 2.49. The van der Waals surface area contributed by atoms with Gasteiger partial charge in [-0.3, -0.25) is 14.5 Å². The number of hydrogen-bond donors (Lipinski definition) is 4. The molecule has 1 heterocycles. The smallest absolute Gasteiger partial charge is 0.408 e. The quantitative estimate of drug-likeness (QED) is 0.105. The summed E-state index contributed by atoms with van der Waals surface area (Å²) in [4.78, 5) is 64.5. The van der Waals surface area contributed by atoms with Crippen LogP contribution in [0.4, 0.5) is 9.59 Å². The second-order valence-electron chi connectivity index (χ2n) is 10.4. The Hall–Kier alpha value is -4.65. The van der Waals surface area contributed by atoms with Crippen LogP contribution in [-0.4, -0.2) is 65.8 Å². The number of nitrogens with one attached hydrogen (secondary N) is 3. The molecular formula is C28H35ClN6O7. The number of halogens is 1. The molecule has 2 aromatic rings. The minimum Gasteiger partial charge on any atom is -0.458 e. The minimum absolute atomic E-state index is 0. The van der Waals surface area contributed by atoms with Crippen molar-refractivity contribution in [3.8, 4) is 0 Å². The van der Waals surface area contributed by atoms with Crippen LogP contribution in [-0.2, 0) is 36.0 Å². The van der Waals surface area contributed by atoms with Crippen LogP contribution in [0, 0.1) is 0 Å². The Bertz CT molecular complexity index is 1310. The lowest BCUT2D eigenvalue weighted by molar-refractivity contribution is -0.157. The van der Waals surface area contributed by atoms with Crippen molar-refractivity contribution in [2.24, 2.45) is 10.9 Å². The second-order valence-corrected chi connectivity index (χ2v) is 10.4. The standard InChI is InChI=1S/C28H34N6O7.ClH/c1-27(2,3)41-23(36)21(32-26(39)40-17-19-8-6-5-7-9-19)15-30-22(35)16-34-24(37)28(4,33-25(34)38)20-12-10-18(11-13-20)14-31-29;/h5-14,21H,15-17,29H2,1-4H3,(H,30,35)(H,32,39)(H,33,38);1H/b31-14+;. The first-order valence-electron chi connectivity index (χ1n) is 12.8. The maximum absolute atomic E-state index is 13.2. The molecule has 5 N–H and O–H groups in total. The summed E-state index contributed by atoms with van der Waals surface area (Å²) in [6.07, 6.45) is 0.535. The molecule has 2 atom stereocenters. The van der Waals surface area contributed by atoms with E-state index in [2.05, 4.69) is 21.1 Å². The van der Waals surface area contributed by atoms with E-state index in [1.54, 1.807) is 69.3 Å². The first kappa shape index (κ1) is 33.6. The van der Waals surface area contributed by atoms with Crippen molar-refractivity contribution in [3.63, 3.8) is 0 Å². The molecule has 0 aromatic heterocycles.